The number of fused-ring (bicyclic) bond motifs is 1. The summed E-state index contributed by atoms with van der Waals surface area (Å²) in [7, 11) is 1.96. The number of nitrogens with zero attached hydrogens (tertiary/aromatic N) is 4. The number of alkyl halides is 1. The standard InChI is InChI=1S/C16H19ClN4/c1-5-12-15-16(20(4)19-12)21(14(9-17)18-15)13-8-6-7-10(2)11(13)3/h6-8H,5,9H2,1-4H3. The van der Waals surface area contributed by atoms with Gasteiger partial charge in [0.1, 0.15) is 11.3 Å². The van der Waals surface area contributed by atoms with Gasteiger partial charge in [0, 0.05) is 7.05 Å². The number of benzene rings is 1. The van der Waals surface area contributed by atoms with Crippen molar-refractivity contribution in [3.05, 3.63) is 40.8 Å². The fourth-order valence-corrected chi connectivity index (χ4v) is 2.96. The van der Waals surface area contributed by atoms with Crippen molar-refractivity contribution in [2.24, 2.45) is 7.05 Å². The Morgan fingerprint density at radius 3 is 2.67 bits per heavy atom. The SMILES string of the molecule is CCc1nn(C)c2c1nc(CCl)n2-c1cccc(C)c1C. The number of imidazole rings is 1. The van der Waals surface area contributed by atoms with Gasteiger partial charge in [0.05, 0.1) is 17.3 Å². The second-order valence-corrected chi connectivity index (χ2v) is 5.58. The molecular formula is C16H19ClN4. The largest absolute Gasteiger partial charge is 0.280 e. The third-order valence-corrected chi connectivity index (χ3v) is 4.28. The zero-order chi connectivity index (χ0) is 15.1. The van der Waals surface area contributed by atoms with E-state index in [4.69, 9.17) is 16.6 Å². The molecule has 0 amide bonds. The lowest BCUT2D eigenvalue weighted by atomic mass is 10.1. The Morgan fingerprint density at radius 1 is 1.24 bits per heavy atom. The maximum atomic E-state index is 6.14. The number of rotatable bonds is 3. The Balaban J connectivity index is 2.40. The molecule has 3 rings (SSSR count). The molecular weight excluding hydrogens is 284 g/mol. The van der Waals surface area contributed by atoms with Gasteiger partial charge in [0.25, 0.3) is 0 Å². The molecule has 0 spiro atoms. The molecule has 21 heavy (non-hydrogen) atoms. The second kappa shape index (κ2) is 5.19. The van der Waals surface area contributed by atoms with E-state index in [9.17, 15) is 0 Å². The van der Waals surface area contributed by atoms with Crippen LogP contribution in [-0.2, 0) is 19.3 Å². The van der Waals surface area contributed by atoms with Crippen molar-refractivity contribution in [1.29, 1.82) is 0 Å². The van der Waals surface area contributed by atoms with Crippen molar-refractivity contribution < 1.29 is 0 Å². The van der Waals surface area contributed by atoms with Gasteiger partial charge in [0.2, 0.25) is 0 Å². The molecule has 4 nitrogen and oxygen atoms in total. The lowest BCUT2D eigenvalue weighted by Gasteiger charge is -2.13. The van der Waals surface area contributed by atoms with Crippen LogP contribution in [0.15, 0.2) is 18.2 Å². The summed E-state index contributed by atoms with van der Waals surface area (Å²) in [5.74, 6) is 1.24. The van der Waals surface area contributed by atoms with Gasteiger partial charge in [-0.15, -0.1) is 11.6 Å². The molecule has 0 aliphatic heterocycles. The minimum Gasteiger partial charge on any atom is -0.280 e. The van der Waals surface area contributed by atoms with Gasteiger partial charge in [0.15, 0.2) is 5.65 Å². The normalized spacial score (nSPS) is 11.5. The van der Waals surface area contributed by atoms with E-state index in [-0.39, 0.29) is 0 Å². The van der Waals surface area contributed by atoms with Crippen LogP contribution < -0.4 is 0 Å². The topological polar surface area (TPSA) is 35.6 Å². The van der Waals surface area contributed by atoms with Gasteiger partial charge in [-0.1, -0.05) is 19.1 Å². The molecule has 0 N–H and O–H groups in total. The molecule has 3 aromatic rings. The molecule has 1 aromatic carbocycles. The zero-order valence-electron chi connectivity index (χ0n) is 12.8. The molecule has 5 heteroatoms. The molecule has 0 atom stereocenters. The number of hydrogen-bond donors (Lipinski definition) is 0. The summed E-state index contributed by atoms with van der Waals surface area (Å²) in [5, 5.41) is 4.57. The first-order valence-electron chi connectivity index (χ1n) is 7.14. The summed E-state index contributed by atoms with van der Waals surface area (Å²) in [5.41, 5.74) is 6.60. The lowest BCUT2D eigenvalue weighted by molar-refractivity contribution is 0.744. The van der Waals surface area contributed by atoms with E-state index >= 15 is 0 Å². The van der Waals surface area contributed by atoms with Gasteiger partial charge >= 0.3 is 0 Å². The van der Waals surface area contributed by atoms with Gasteiger partial charge in [-0.3, -0.25) is 4.57 Å². The van der Waals surface area contributed by atoms with Crippen molar-refractivity contribution in [2.75, 3.05) is 0 Å². The van der Waals surface area contributed by atoms with Gasteiger partial charge < -0.3 is 0 Å². The van der Waals surface area contributed by atoms with Crippen LogP contribution in [0.4, 0.5) is 0 Å². The van der Waals surface area contributed by atoms with Crippen LogP contribution in [0.3, 0.4) is 0 Å². The number of hydrogen-bond acceptors (Lipinski definition) is 2. The molecule has 0 unspecified atom stereocenters. The minimum absolute atomic E-state index is 0.380. The average Bonchev–Trinajstić information content (AvgIpc) is 2.99. The quantitative estimate of drug-likeness (QED) is 0.692. The number of aromatic nitrogens is 4. The molecule has 2 heterocycles. The minimum atomic E-state index is 0.380. The fourth-order valence-electron chi connectivity index (χ4n) is 2.78. The molecule has 0 saturated carbocycles. The van der Waals surface area contributed by atoms with Gasteiger partial charge in [-0.05, 0) is 37.5 Å². The highest BCUT2D eigenvalue weighted by Crippen LogP contribution is 2.27. The summed E-state index contributed by atoms with van der Waals surface area (Å²) in [4.78, 5) is 4.72. The zero-order valence-corrected chi connectivity index (χ0v) is 13.6. The fraction of sp³-hybridized carbons (Fsp3) is 0.375. The summed E-state index contributed by atoms with van der Waals surface area (Å²) in [6.07, 6.45) is 0.864. The van der Waals surface area contributed by atoms with Crippen LogP contribution in [0.2, 0.25) is 0 Å². The monoisotopic (exact) mass is 302 g/mol. The predicted molar refractivity (Wildman–Crippen MR) is 86.2 cm³/mol. The molecule has 110 valence electrons. The van der Waals surface area contributed by atoms with E-state index in [2.05, 4.69) is 48.6 Å². The molecule has 0 saturated heterocycles. The van der Waals surface area contributed by atoms with Crippen LogP contribution in [-0.4, -0.2) is 19.3 Å². The van der Waals surface area contributed by atoms with Crippen LogP contribution in [0.5, 0.6) is 0 Å². The van der Waals surface area contributed by atoms with Crippen LogP contribution in [0.1, 0.15) is 29.6 Å². The van der Waals surface area contributed by atoms with Crippen molar-refractivity contribution in [3.8, 4) is 5.69 Å². The van der Waals surface area contributed by atoms with Crippen molar-refractivity contribution in [1.82, 2.24) is 19.3 Å². The lowest BCUT2D eigenvalue weighted by Crippen LogP contribution is -2.06. The van der Waals surface area contributed by atoms with Gasteiger partial charge in [-0.2, -0.15) is 5.10 Å². The molecule has 0 bridgehead atoms. The van der Waals surface area contributed by atoms with E-state index in [0.717, 1.165) is 34.8 Å². The number of aryl methyl sites for hydroxylation is 3. The van der Waals surface area contributed by atoms with Gasteiger partial charge in [-0.25, -0.2) is 9.67 Å². The average molecular weight is 303 g/mol. The van der Waals surface area contributed by atoms with E-state index < -0.39 is 0 Å². The molecule has 0 aliphatic rings. The molecule has 2 aromatic heterocycles. The smallest absolute Gasteiger partial charge is 0.163 e. The summed E-state index contributed by atoms with van der Waals surface area (Å²) in [6, 6.07) is 6.30. The van der Waals surface area contributed by atoms with E-state index in [1.165, 1.54) is 11.1 Å². The highest BCUT2D eigenvalue weighted by molar-refractivity contribution is 6.17. The summed E-state index contributed by atoms with van der Waals surface area (Å²) in [6.45, 7) is 6.35. The Kier molecular flexibility index (Phi) is 3.49. The Morgan fingerprint density at radius 2 is 2.00 bits per heavy atom. The molecule has 0 fully saturated rings. The third kappa shape index (κ3) is 2.05. The van der Waals surface area contributed by atoms with E-state index in [1.807, 2.05) is 11.7 Å². The van der Waals surface area contributed by atoms with Crippen LogP contribution in [0, 0.1) is 13.8 Å². The highest BCUT2D eigenvalue weighted by atomic mass is 35.5. The maximum absolute atomic E-state index is 6.14. The highest BCUT2D eigenvalue weighted by Gasteiger charge is 2.20. The Labute approximate surface area is 129 Å². The van der Waals surface area contributed by atoms with Crippen LogP contribution in [0.25, 0.3) is 16.9 Å². The van der Waals surface area contributed by atoms with E-state index in [1.54, 1.807) is 0 Å². The summed E-state index contributed by atoms with van der Waals surface area (Å²) < 4.78 is 4.04. The summed E-state index contributed by atoms with van der Waals surface area (Å²) >= 11 is 6.14. The van der Waals surface area contributed by atoms with Crippen molar-refractivity contribution in [3.63, 3.8) is 0 Å². The van der Waals surface area contributed by atoms with Crippen molar-refractivity contribution >= 4 is 22.8 Å². The Bertz CT molecular complexity index is 813. The second-order valence-electron chi connectivity index (χ2n) is 5.31. The first kappa shape index (κ1) is 14.1. The van der Waals surface area contributed by atoms with E-state index in [0.29, 0.717) is 5.88 Å². The third-order valence-electron chi connectivity index (χ3n) is 4.04. The predicted octanol–water partition coefficient (Wildman–Crippen LogP) is 3.68. The van der Waals surface area contributed by atoms with Crippen molar-refractivity contribution in [2.45, 2.75) is 33.1 Å². The first-order valence-corrected chi connectivity index (χ1v) is 7.67. The maximum Gasteiger partial charge on any atom is 0.163 e. The molecule has 0 radical (unpaired) electrons. The first-order chi connectivity index (χ1) is 10.1. The van der Waals surface area contributed by atoms with Crippen LogP contribution >= 0.6 is 11.6 Å². The Hall–Kier alpha value is -1.81. The number of halogens is 1. The molecule has 0 aliphatic carbocycles.